The molecular weight excluding hydrogens is 267 g/mol. The Bertz CT molecular complexity index is 613. The minimum Gasteiger partial charge on any atom is -0.496 e. The van der Waals surface area contributed by atoms with Gasteiger partial charge in [-0.1, -0.05) is 18.2 Å². The van der Waals surface area contributed by atoms with Gasteiger partial charge in [0, 0.05) is 25.2 Å². The Morgan fingerprint density at radius 1 is 1.24 bits per heavy atom. The van der Waals surface area contributed by atoms with Gasteiger partial charge >= 0.3 is 0 Å². The number of methoxy groups -OCH3 is 1. The van der Waals surface area contributed by atoms with Crippen molar-refractivity contribution >= 4 is 5.69 Å². The van der Waals surface area contributed by atoms with Gasteiger partial charge in [0.25, 0.3) is 0 Å². The molecule has 0 aliphatic heterocycles. The van der Waals surface area contributed by atoms with Crippen LogP contribution < -0.4 is 15.4 Å². The van der Waals surface area contributed by atoms with Crippen molar-refractivity contribution in [2.24, 2.45) is 5.73 Å². The zero-order valence-corrected chi connectivity index (χ0v) is 12.6. The summed E-state index contributed by atoms with van der Waals surface area (Å²) in [4.78, 5) is 1.86. The van der Waals surface area contributed by atoms with Gasteiger partial charge in [0.15, 0.2) is 0 Å². The predicted molar refractivity (Wildman–Crippen MR) is 84.1 cm³/mol. The number of para-hydroxylation sites is 1. The van der Waals surface area contributed by atoms with E-state index in [1.807, 2.05) is 43.1 Å². The van der Waals surface area contributed by atoms with Crippen LogP contribution in [-0.4, -0.2) is 14.2 Å². The molecule has 2 aromatic carbocycles. The number of anilines is 1. The molecule has 1 unspecified atom stereocenters. The first-order valence-electron chi connectivity index (χ1n) is 6.91. The SMILES string of the molecule is COc1ccc(C(C)N)cc1CN(C)c1ccccc1F. The molecule has 1 atom stereocenters. The molecule has 0 aliphatic carbocycles. The molecule has 0 amide bonds. The van der Waals surface area contributed by atoms with E-state index in [4.69, 9.17) is 10.5 Å². The number of nitrogens with zero attached hydrogens (tertiary/aromatic N) is 1. The van der Waals surface area contributed by atoms with E-state index in [-0.39, 0.29) is 11.9 Å². The van der Waals surface area contributed by atoms with Crippen molar-refractivity contribution in [3.63, 3.8) is 0 Å². The summed E-state index contributed by atoms with van der Waals surface area (Å²) in [6.07, 6.45) is 0. The first-order chi connectivity index (χ1) is 10.0. The topological polar surface area (TPSA) is 38.5 Å². The molecule has 2 aromatic rings. The summed E-state index contributed by atoms with van der Waals surface area (Å²) in [6.45, 7) is 2.48. The van der Waals surface area contributed by atoms with Crippen molar-refractivity contribution in [3.8, 4) is 5.75 Å². The number of hydrogen-bond donors (Lipinski definition) is 1. The van der Waals surface area contributed by atoms with Crippen LogP contribution in [0.25, 0.3) is 0 Å². The maximum atomic E-state index is 13.8. The van der Waals surface area contributed by atoms with Crippen molar-refractivity contribution in [1.29, 1.82) is 0 Å². The van der Waals surface area contributed by atoms with Crippen LogP contribution in [0.1, 0.15) is 24.1 Å². The van der Waals surface area contributed by atoms with Gasteiger partial charge in [-0.25, -0.2) is 4.39 Å². The Hall–Kier alpha value is -2.07. The number of rotatable bonds is 5. The highest BCUT2D eigenvalue weighted by molar-refractivity contribution is 5.49. The van der Waals surface area contributed by atoms with Gasteiger partial charge in [0.2, 0.25) is 0 Å². The zero-order valence-electron chi connectivity index (χ0n) is 12.6. The molecule has 21 heavy (non-hydrogen) atoms. The third kappa shape index (κ3) is 3.52. The second-order valence-electron chi connectivity index (χ2n) is 5.17. The molecule has 0 aliphatic rings. The second-order valence-corrected chi connectivity index (χ2v) is 5.17. The average molecular weight is 288 g/mol. The third-order valence-electron chi connectivity index (χ3n) is 3.50. The number of benzene rings is 2. The molecule has 0 bridgehead atoms. The molecule has 0 spiro atoms. The smallest absolute Gasteiger partial charge is 0.146 e. The van der Waals surface area contributed by atoms with Crippen molar-refractivity contribution in [1.82, 2.24) is 0 Å². The molecule has 112 valence electrons. The molecule has 0 fully saturated rings. The van der Waals surface area contributed by atoms with E-state index < -0.39 is 0 Å². The fourth-order valence-electron chi connectivity index (χ4n) is 2.31. The molecule has 0 saturated carbocycles. The molecule has 0 aromatic heterocycles. The first-order valence-corrected chi connectivity index (χ1v) is 6.91. The van der Waals surface area contributed by atoms with Crippen molar-refractivity contribution < 1.29 is 9.13 Å². The minimum atomic E-state index is -0.234. The van der Waals surface area contributed by atoms with Gasteiger partial charge in [-0.05, 0) is 36.8 Å². The van der Waals surface area contributed by atoms with Gasteiger partial charge in [-0.15, -0.1) is 0 Å². The first kappa shape index (κ1) is 15.3. The molecule has 0 heterocycles. The van der Waals surface area contributed by atoms with Crippen molar-refractivity contribution in [2.75, 3.05) is 19.1 Å². The molecule has 0 radical (unpaired) electrons. The molecule has 4 heteroatoms. The highest BCUT2D eigenvalue weighted by atomic mass is 19.1. The summed E-state index contributed by atoms with van der Waals surface area (Å²) < 4.78 is 19.2. The standard InChI is InChI=1S/C17H21FN2O/c1-12(19)13-8-9-17(21-3)14(10-13)11-20(2)16-7-5-4-6-15(16)18/h4-10,12H,11,19H2,1-3H3. The van der Waals surface area contributed by atoms with Crippen LogP contribution in [0.15, 0.2) is 42.5 Å². The lowest BCUT2D eigenvalue weighted by Gasteiger charge is -2.22. The Labute approximate surface area is 125 Å². The lowest BCUT2D eigenvalue weighted by molar-refractivity contribution is 0.409. The van der Waals surface area contributed by atoms with E-state index in [0.717, 1.165) is 16.9 Å². The predicted octanol–water partition coefficient (Wildman–Crippen LogP) is 3.49. The molecule has 2 rings (SSSR count). The quantitative estimate of drug-likeness (QED) is 0.915. The summed E-state index contributed by atoms with van der Waals surface area (Å²) in [5.74, 6) is 0.546. The molecule has 3 nitrogen and oxygen atoms in total. The van der Waals surface area contributed by atoms with Crippen LogP contribution in [-0.2, 0) is 6.54 Å². The van der Waals surface area contributed by atoms with Gasteiger partial charge in [0.1, 0.15) is 11.6 Å². The monoisotopic (exact) mass is 288 g/mol. The van der Waals surface area contributed by atoms with E-state index in [9.17, 15) is 4.39 Å². The van der Waals surface area contributed by atoms with E-state index >= 15 is 0 Å². The number of ether oxygens (including phenoxy) is 1. The number of halogens is 1. The summed E-state index contributed by atoms with van der Waals surface area (Å²) in [7, 11) is 3.49. The summed E-state index contributed by atoms with van der Waals surface area (Å²) in [6, 6.07) is 12.6. The maximum Gasteiger partial charge on any atom is 0.146 e. The zero-order chi connectivity index (χ0) is 15.4. The van der Waals surface area contributed by atoms with E-state index in [2.05, 4.69) is 0 Å². The Morgan fingerprint density at radius 2 is 1.95 bits per heavy atom. The normalized spacial score (nSPS) is 12.0. The maximum absolute atomic E-state index is 13.8. The van der Waals surface area contributed by atoms with E-state index in [1.54, 1.807) is 19.2 Å². The molecule has 2 N–H and O–H groups in total. The summed E-state index contributed by atoms with van der Waals surface area (Å²) >= 11 is 0. The highest BCUT2D eigenvalue weighted by Crippen LogP contribution is 2.26. The fourth-order valence-corrected chi connectivity index (χ4v) is 2.31. The Morgan fingerprint density at radius 3 is 2.57 bits per heavy atom. The fraction of sp³-hybridized carbons (Fsp3) is 0.294. The average Bonchev–Trinajstić information content (AvgIpc) is 2.47. The van der Waals surface area contributed by atoms with Gasteiger partial charge in [0.05, 0.1) is 12.8 Å². The number of hydrogen-bond acceptors (Lipinski definition) is 3. The number of nitrogens with two attached hydrogens (primary N) is 1. The largest absolute Gasteiger partial charge is 0.496 e. The molecular formula is C17H21FN2O. The van der Waals surface area contributed by atoms with Crippen LogP contribution in [0.5, 0.6) is 5.75 Å². The van der Waals surface area contributed by atoms with Crippen LogP contribution in [0.2, 0.25) is 0 Å². The van der Waals surface area contributed by atoms with Gasteiger partial charge in [-0.3, -0.25) is 0 Å². The van der Waals surface area contributed by atoms with Crippen LogP contribution >= 0.6 is 0 Å². The van der Waals surface area contributed by atoms with Crippen LogP contribution in [0, 0.1) is 5.82 Å². The van der Waals surface area contributed by atoms with Crippen molar-refractivity contribution in [3.05, 3.63) is 59.4 Å². The van der Waals surface area contributed by atoms with Crippen molar-refractivity contribution in [2.45, 2.75) is 19.5 Å². The molecule has 0 saturated heterocycles. The third-order valence-corrected chi connectivity index (χ3v) is 3.50. The van der Waals surface area contributed by atoms with Crippen LogP contribution in [0.3, 0.4) is 0 Å². The lowest BCUT2D eigenvalue weighted by Crippen LogP contribution is -2.18. The lowest BCUT2D eigenvalue weighted by atomic mass is 10.0. The Kier molecular flexibility index (Phi) is 4.81. The second kappa shape index (κ2) is 6.59. The minimum absolute atomic E-state index is 0.0478. The van der Waals surface area contributed by atoms with Gasteiger partial charge < -0.3 is 15.4 Å². The Balaban J connectivity index is 2.29. The highest BCUT2D eigenvalue weighted by Gasteiger charge is 2.12. The van der Waals surface area contributed by atoms with Gasteiger partial charge in [-0.2, -0.15) is 0 Å². The van der Waals surface area contributed by atoms with E-state index in [0.29, 0.717) is 12.2 Å². The summed E-state index contributed by atoms with van der Waals surface area (Å²) in [5.41, 5.74) is 8.51. The summed E-state index contributed by atoms with van der Waals surface area (Å²) in [5, 5.41) is 0. The van der Waals surface area contributed by atoms with E-state index in [1.165, 1.54) is 6.07 Å². The van der Waals surface area contributed by atoms with Crippen LogP contribution in [0.4, 0.5) is 10.1 Å².